The number of hydrogen-bond acceptors (Lipinski definition) is 5. The van der Waals surface area contributed by atoms with Gasteiger partial charge in [0.1, 0.15) is 4.88 Å². The SMILES string of the molecule is CC(=O)c1sc(NC2CCCC(C)(C)C2)nc1C(=O)O. The highest BCUT2D eigenvalue weighted by molar-refractivity contribution is 7.17. The van der Waals surface area contributed by atoms with Crippen molar-refractivity contribution in [3.8, 4) is 0 Å². The summed E-state index contributed by atoms with van der Waals surface area (Å²) in [5, 5.41) is 12.9. The number of carbonyl (C=O) groups is 2. The molecular weight excluding hydrogens is 276 g/mol. The van der Waals surface area contributed by atoms with Crippen LogP contribution in [0.5, 0.6) is 0 Å². The van der Waals surface area contributed by atoms with Crippen molar-refractivity contribution >= 4 is 28.2 Å². The molecule has 0 bridgehead atoms. The molecular formula is C14H20N2O3S. The van der Waals surface area contributed by atoms with Crippen molar-refractivity contribution in [1.82, 2.24) is 4.98 Å². The molecule has 1 fully saturated rings. The Labute approximate surface area is 122 Å². The van der Waals surface area contributed by atoms with E-state index in [4.69, 9.17) is 5.11 Å². The van der Waals surface area contributed by atoms with Crippen molar-refractivity contribution in [3.05, 3.63) is 10.6 Å². The highest BCUT2D eigenvalue weighted by Gasteiger charge is 2.29. The lowest BCUT2D eigenvalue weighted by molar-refractivity contribution is 0.0687. The Hall–Kier alpha value is -1.43. The first-order valence-corrected chi connectivity index (χ1v) is 7.62. The number of carboxylic acid groups (broad SMARTS) is 1. The monoisotopic (exact) mass is 296 g/mol. The maximum absolute atomic E-state index is 11.5. The number of nitrogens with zero attached hydrogens (tertiary/aromatic N) is 1. The maximum atomic E-state index is 11.5. The minimum absolute atomic E-state index is 0.139. The Bertz CT molecular complexity index is 505. The number of nitrogens with one attached hydrogen (secondary N) is 1. The van der Waals surface area contributed by atoms with Crippen LogP contribution in [0.25, 0.3) is 0 Å². The van der Waals surface area contributed by atoms with Crippen molar-refractivity contribution < 1.29 is 14.7 Å². The molecule has 1 aliphatic carbocycles. The fraction of sp³-hybridized carbons (Fsp3) is 0.643. The zero-order chi connectivity index (χ0) is 14.9. The van der Waals surface area contributed by atoms with Gasteiger partial charge in [-0.2, -0.15) is 0 Å². The number of rotatable bonds is 4. The van der Waals surface area contributed by atoms with Gasteiger partial charge in [0.05, 0.1) is 0 Å². The summed E-state index contributed by atoms with van der Waals surface area (Å²) in [5.41, 5.74) is 0.159. The first kappa shape index (κ1) is 15.0. The van der Waals surface area contributed by atoms with E-state index < -0.39 is 5.97 Å². The molecule has 110 valence electrons. The number of ketones is 1. The molecule has 0 saturated heterocycles. The summed E-state index contributed by atoms with van der Waals surface area (Å²) in [6.45, 7) is 5.85. The summed E-state index contributed by atoms with van der Waals surface area (Å²) in [6, 6.07) is 0.298. The van der Waals surface area contributed by atoms with E-state index in [1.54, 1.807) is 0 Å². The number of anilines is 1. The van der Waals surface area contributed by atoms with Crippen molar-refractivity contribution in [2.24, 2.45) is 5.41 Å². The van der Waals surface area contributed by atoms with Crippen LogP contribution in [-0.4, -0.2) is 27.9 Å². The highest BCUT2D eigenvalue weighted by Crippen LogP contribution is 2.37. The second-order valence-corrected chi connectivity index (χ2v) is 7.16. The number of aromatic carboxylic acids is 1. The van der Waals surface area contributed by atoms with Crippen molar-refractivity contribution in [3.63, 3.8) is 0 Å². The van der Waals surface area contributed by atoms with Crippen LogP contribution in [0, 0.1) is 5.41 Å². The second-order valence-electron chi connectivity index (χ2n) is 6.16. The van der Waals surface area contributed by atoms with Crippen molar-refractivity contribution in [1.29, 1.82) is 0 Å². The van der Waals surface area contributed by atoms with Crippen LogP contribution >= 0.6 is 11.3 Å². The van der Waals surface area contributed by atoms with E-state index in [1.165, 1.54) is 13.3 Å². The van der Waals surface area contributed by atoms with E-state index in [0.29, 0.717) is 16.6 Å². The molecule has 1 aromatic heterocycles. The van der Waals surface area contributed by atoms with Crippen LogP contribution in [-0.2, 0) is 0 Å². The van der Waals surface area contributed by atoms with Crippen LogP contribution < -0.4 is 5.32 Å². The van der Waals surface area contributed by atoms with Gasteiger partial charge in [0.15, 0.2) is 16.6 Å². The third-order valence-electron chi connectivity index (χ3n) is 3.68. The van der Waals surface area contributed by atoms with E-state index in [1.807, 2.05) is 0 Å². The third kappa shape index (κ3) is 3.36. The van der Waals surface area contributed by atoms with Gasteiger partial charge >= 0.3 is 5.97 Å². The molecule has 0 aromatic carbocycles. The summed E-state index contributed by atoms with van der Waals surface area (Å²) in [7, 11) is 0. The molecule has 5 nitrogen and oxygen atoms in total. The van der Waals surface area contributed by atoms with Gasteiger partial charge in [-0.15, -0.1) is 0 Å². The van der Waals surface area contributed by atoms with Gasteiger partial charge < -0.3 is 10.4 Å². The smallest absolute Gasteiger partial charge is 0.356 e. The molecule has 1 unspecified atom stereocenters. The van der Waals surface area contributed by atoms with E-state index in [-0.39, 0.29) is 16.4 Å². The number of aromatic nitrogens is 1. The Morgan fingerprint density at radius 2 is 2.15 bits per heavy atom. The van der Waals surface area contributed by atoms with Gasteiger partial charge in [-0.05, 0) is 24.7 Å². The minimum Gasteiger partial charge on any atom is -0.476 e. The fourth-order valence-electron chi connectivity index (χ4n) is 2.76. The van der Waals surface area contributed by atoms with Gasteiger partial charge in [-0.1, -0.05) is 31.6 Å². The third-order valence-corrected chi connectivity index (χ3v) is 4.77. The number of carboxylic acids is 1. The molecule has 0 radical (unpaired) electrons. The average molecular weight is 296 g/mol. The number of hydrogen-bond donors (Lipinski definition) is 2. The summed E-state index contributed by atoms with van der Waals surface area (Å²) in [5.74, 6) is -1.40. The molecule has 2 N–H and O–H groups in total. The lowest BCUT2D eigenvalue weighted by atomic mass is 9.75. The van der Waals surface area contributed by atoms with Gasteiger partial charge in [-0.25, -0.2) is 9.78 Å². The van der Waals surface area contributed by atoms with Gasteiger partial charge in [0.25, 0.3) is 0 Å². The van der Waals surface area contributed by atoms with Crippen LogP contribution in [0.1, 0.15) is 66.6 Å². The molecule has 1 aliphatic rings. The van der Waals surface area contributed by atoms with Gasteiger partial charge in [0, 0.05) is 13.0 Å². The lowest BCUT2D eigenvalue weighted by Gasteiger charge is -2.35. The van der Waals surface area contributed by atoms with Gasteiger partial charge in [0.2, 0.25) is 0 Å². The minimum atomic E-state index is -1.15. The van der Waals surface area contributed by atoms with E-state index >= 15 is 0 Å². The number of Topliss-reactive ketones (excluding diaryl/α,β-unsaturated/α-hetero) is 1. The standard InChI is InChI=1S/C14H20N2O3S/c1-8(17)11-10(12(18)19)16-13(20-11)15-9-5-4-6-14(2,3)7-9/h9H,4-7H2,1-3H3,(H,15,16)(H,18,19). The molecule has 2 rings (SSSR count). The van der Waals surface area contributed by atoms with Crippen LogP contribution in [0.4, 0.5) is 5.13 Å². The van der Waals surface area contributed by atoms with Crippen LogP contribution in [0.2, 0.25) is 0 Å². The Morgan fingerprint density at radius 1 is 1.45 bits per heavy atom. The van der Waals surface area contributed by atoms with Crippen LogP contribution in [0.15, 0.2) is 0 Å². The van der Waals surface area contributed by atoms with E-state index in [2.05, 4.69) is 24.1 Å². The molecule has 20 heavy (non-hydrogen) atoms. The molecule has 1 aromatic rings. The summed E-state index contributed by atoms with van der Waals surface area (Å²) in [6.07, 6.45) is 4.45. The van der Waals surface area contributed by atoms with Crippen molar-refractivity contribution in [2.45, 2.75) is 52.5 Å². The highest BCUT2D eigenvalue weighted by atomic mass is 32.1. The largest absolute Gasteiger partial charge is 0.476 e. The maximum Gasteiger partial charge on any atom is 0.356 e. The first-order chi connectivity index (χ1) is 9.28. The number of thiazole rings is 1. The van der Waals surface area contributed by atoms with Crippen LogP contribution in [0.3, 0.4) is 0 Å². The molecule has 1 atom stereocenters. The summed E-state index contributed by atoms with van der Waals surface area (Å²) in [4.78, 5) is 26.8. The molecule has 0 aliphatic heterocycles. The Kier molecular flexibility index (Phi) is 4.13. The van der Waals surface area contributed by atoms with E-state index in [9.17, 15) is 9.59 Å². The number of carbonyl (C=O) groups excluding carboxylic acids is 1. The summed E-state index contributed by atoms with van der Waals surface area (Å²) >= 11 is 1.14. The lowest BCUT2D eigenvalue weighted by Crippen LogP contribution is -2.31. The van der Waals surface area contributed by atoms with E-state index in [0.717, 1.165) is 30.6 Å². The molecule has 1 heterocycles. The average Bonchev–Trinajstić information content (AvgIpc) is 2.71. The summed E-state index contributed by atoms with van der Waals surface area (Å²) < 4.78 is 0. The zero-order valence-electron chi connectivity index (χ0n) is 12.0. The first-order valence-electron chi connectivity index (χ1n) is 6.80. The van der Waals surface area contributed by atoms with Crippen molar-refractivity contribution in [2.75, 3.05) is 5.32 Å². The second kappa shape index (κ2) is 5.52. The molecule has 0 spiro atoms. The normalized spacial score (nSPS) is 21.4. The predicted octanol–water partition coefficient (Wildman–Crippen LogP) is 3.42. The van der Waals surface area contributed by atoms with Gasteiger partial charge in [-0.3, -0.25) is 4.79 Å². The Morgan fingerprint density at radius 3 is 2.65 bits per heavy atom. The quantitative estimate of drug-likeness (QED) is 0.832. The topological polar surface area (TPSA) is 79.3 Å². The molecule has 1 saturated carbocycles. The predicted molar refractivity (Wildman–Crippen MR) is 78.7 cm³/mol. The molecule has 6 heteroatoms. The molecule has 0 amide bonds. The fourth-order valence-corrected chi connectivity index (χ4v) is 3.69. The zero-order valence-corrected chi connectivity index (χ0v) is 12.8. The Balaban J connectivity index is 2.16.